The number of nitrogens with zero attached hydrogens (tertiary/aromatic N) is 5. The number of hydrogen-bond acceptors (Lipinski definition) is 11. The van der Waals surface area contributed by atoms with Crippen molar-refractivity contribution in [2.75, 3.05) is 56.1 Å². The third-order valence-corrected chi connectivity index (χ3v) is 16.0. The molecule has 1 aromatic heterocycles. The third kappa shape index (κ3) is 11.2. The molecule has 1 saturated heterocycles. The van der Waals surface area contributed by atoms with E-state index in [0.29, 0.717) is 60.6 Å². The molecule has 11 nitrogen and oxygen atoms in total. The Morgan fingerprint density at radius 3 is 2.30 bits per heavy atom. The van der Waals surface area contributed by atoms with E-state index in [1.54, 1.807) is 0 Å². The Kier molecular flexibility index (Phi) is 14.8. The van der Waals surface area contributed by atoms with Gasteiger partial charge in [-0.15, -0.1) is 11.8 Å². The zero-order valence-corrected chi connectivity index (χ0v) is 38.4. The molecule has 0 radical (unpaired) electrons. The molecule has 0 bridgehead atoms. The van der Waals surface area contributed by atoms with Gasteiger partial charge in [-0.3, -0.25) is 14.5 Å². The van der Waals surface area contributed by atoms with Crippen molar-refractivity contribution < 1.29 is 30.0 Å². The Hall–Kier alpha value is -4.23. The molecule has 0 amide bonds. The highest BCUT2D eigenvalue weighted by Crippen LogP contribution is 2.38. The van der Waals surface area contributed by atoms with Gasteiger partial charge in [0.2, 0.25) is 0 Å². The summed E-state index contributed by atoms with van der Waals surface area (Å²) in [5, 5.41) is 3.70. The van der Waals surface area contributed by atoms with Crippen LogP contribution in [0.15, 0.2) is 118 Å². The third-order valence-electron chi connectivity index (χ3n) is 11.7. The summed E-state index contributed by atoms with van der Waals surface area (Å²) in [4.78, 5) is 14.6. The summed E-state index contributed by atoms with van der Waals surface area (Å²) < 4.78 is 98.9. The average molecular weight is 943 g/mol. The van der Waals surface area contributed by atoms with E-state index >= 15 is 0 Å². The first-order chi connectivity index (χ1) is 30.0. The van der Waals surface area contributed by atoms with Crippen LogP contribution in [0, 0.1) is 0 Å². The van der Waals surface area contributed by atoms with Gasteiger partial charge in [-0.1, -0.05) is 66.2 Å². The first-order valence-corrected chi connectivity index (χ1v) is 25.1. The van der Waals surface area contributed by atoms with Crippen molar-refractivity contribution in [1.82, 2.24) is 24.7 Å². The molecule has 336 valence electrons. The van der Waals surface area contributed by atoms with E-state index in [0.717, 1.165) is 48.5 Å². The summed E-state index contributed by atoms with van der Waals surface area (Å²) in [6, 6.07) is 28.5. The number of fused-ring (bicyclic) bond motifs is 1. The highest BCUT2D eigenvalue weighted by molar-refractivity contribution is 7.99. The van der Waals surface area contributed by atoms with E-state index in [1.165, 1.54) is 29.2 Å². The second-order valence-electron chi connectivity index (χ2n) is 16.2. The Morgan fingerprint density at radius 2 is 1.60 bits per heavy atom. The number of piperidine rings is 1. The maximum atomic E-state index is 14.2. The first kappa shape index (κ1) is 46.8. The predicted molar refractivity (Wildman–Crippen MR) is 244 cm³/mol. The van der Waals surface area contributed by atoms with Crippen LogP contribution in [0.5, 0.6) is 0 Å². The fraction of sp³-hybridized carbons (Fsp3) is 0.378. The summed E-state index contributed by atoms with van der Waals surface area (Å²) >= 11 is 7.63. The Morgan fingerprint density at radius 1 is 0.905 bits per heavy atom. The van der Waals surface area contributed by atoms with Gasteiger partial charge in [-0.25, -0.2) is 26.8 Å². The second kappa shape index (κ2) is 19.9. The second-order valence-corrected chi connectivity index (χ2v) is 21.3. The van der Waals surface area contributed by atoms with Gasteiger partial charge >= 0.3 is 5.51 Å². The summed E-state index contributed by atoms with van der Waals surface area (Å²) in [6.07, 6.45) is 4.03. The zero-order valence-electron chi connectivity index (χ0n) is 35.2. The molecule has 5 aromatic rings. The van der Waals surface area contributed by atoms with Gasteiger partial charge in [0.1, 0.15) is 17.0 Å². The van der Waals surface area contributed by atoms with Crippen LogP contribution in [0.25, 0.3) is 11.1 Å². The minimum atomic E-state index is -5.99. The summed E-state index contributed by atoms with van der Waals surface area (Å²) in [5.74, 6) is 0.410. The van der Waals surface area contributed by atoms with Crippen molar-refractivity contribution >= 4 is 54.7 Å². The van der Waals surface area contributed by atoms with Crippen molar-refractivity contribution in [1.29, 1.82) is 0 Å². The monoisotopic (exact) mass is 941 g/mol. The lowest BCUT2D eigenvalue weighted by molar-refractivity contribution is -0.0435. The average Bonchev–Trinajstić information content (AvgIpc) is 3.27. The Labute approximate surface area is 377 Å². The largest absolute Gasteiger partial charge is 0.501 e. The van der Waals surface area contributed by atoms with Crippen LogP contribution in [-0.2, 0) is 32.8 Å². The van der Waals surface area contributed by atoms with Crippen LogP contribution in [0.4, 0.5) is 24.7 Å². The molecule has 3 heterocycles. The molecule has 0 saturated carbocycles. The molecule has 63 heavy (non-hydrogen) atoms. The number of halogens is 4. The van der Waals surface area contributed by atoms with Crippen LogP contribution in [0.3, 0.4) is 0 Å². The maximum Gasteiger partial charge on any atom is 0.501 e. The van der Waals surface area contributed by atoms with Crippen LogP contribution >= 0.6 is 23.4 Å². The minimum Gasteiger partial charge on any atom is -0.380 e. The van der Waals surface area contributed by atoms with E-state index in [1.807, 2.05) is 79.7 Å². The molecule has 1 unspecified atom stereocenters. The fourth-order valence-electron chi connectivity index (χ4n) is 8.23. The van der Waals surface area contributed by atoms with E-state index in [2.05, 4.69) is 54.9 Å². The van der Waals surface area contributed by atoms with E-state index in [-0.39, 0.29) is 23.6 Å². The standard InChI is InChI=1S/C45H51ClF3N7O4S3/c1-31(38-11-7-8-12-39(38)32-13-15-33(46)16-14-32)55-24-20-35(21-25-55)56-26-22-40-42(28-56)50-30-51-44(40)53-63(59,60)37-17-18-41(43(27-37)62(57,58)45(47,48)49)52-34(19-23-54(2)3)29-61-36-9-5-4-6-10-36/h4-18,27,30-31,34-35,52H,19-26,28-29H2,1-3H3,(H,50,51,53)/t31?,34-/m1/s1. The topological polar surface area (TPSA) is 128 Å². The molecule has 2 N–H and O–H groups in total. The van der Waals surface area contributed by atoms with Crippen LogP contribution in [-0.4, -0.2) is 105 Å². The molecule has 0 spiro atoms. The Bertz CT molecular complexity index is 2580. The molecular weight excluding hydrogens is 891 g/mol. The molecule has 18 heteroatoms. The summed E-state index contributed by atoms with van der Waals surface area (Å²) in [7, 11) is -6.89. The number of sulfonamides is 1. The molecule has 2 atom stereocenters. The molecular formula is C45H51ClF3N7O4S3. The number of thioether (sulfide) groups is 1. The van der Waals surface area contributed by atoms with Gasteiger partial charge < -0.3 is 10.2 Å². The zero-order chi connectivity index (χ0) is 44.9. The van der Waals surface area contributed by atoms with Crippen LogP contribution < -0.4 is 10.0 Å². The number of nitrogens with one attached hydrogen (secondary N) is 2. The number of hydrogen-bond donors (Lipinski definition) is 2. The lowest BCUT2D eigenvalue weighted by Crippen LogP contribution is -2.47. The smallest absolute Gasteiger partial charge is 0.380 e. The molecule has 4 aromatic carbocycles. The summed E-state index contributed by atoms with van der Waals surface area (Å²) in [5.41, 5.74) is -1.25. The van der Waals surface area contributed by atoms with Gasteiger partial charge in [0.15, 0.2) is 0 Å². The minimum absolute atomic E-state index is 0.00626. The predicted octanol–water partition coefficient (Wildman–Crippen LogP) is 9.00. The normalized spacial score (nSPS) is 16.7. The van der Waals surface area contributed by atoms with E-state index in [4.69, 9.17) is 11.6 Å². The molecule has 2 aliphatic heterocycles. The molecule has 2 aliphatic rings. The highest BCUT2D eigenvalue weighted by atomic mass is 35.5. The number of likely N-dealkylation sites (tertiary alicyclic amines) is 1. The van der Waals surface area contributed by atoms with Crippen molar-refractivity contribution in [2.45, 2.75) is 77.5 Å². The lowest BCUT2D eigenvalue weighted by atomic mass is 9.92. The van der Waals surface area contributed by atoms with Gasteiger partial charge in [-0.05, 0) is 112 Å². The van der Waals surface area contributed by atoms with Gasteiger partial charge in [0.25, 0.3) is 19.9 Å². The number of aromatic nitrogens is 2. The highest BCUT2D eigenvalue weighted by Gasteiger charge is 2.48. The van der Waals surface area contributed by atoms with E-state index < -0.39 is 41.2 Å². The van der Waals surface area contributed by atoms with Gasteiger partial charge in [-0.2, -0.15) is 13.2 Å². The van der Waals surface area contributed by atoms with Gasteiger partial charge in [0.05, 0.1) is 16.3 Å². The maximum absolute atomic E-state index is 14.2. The van der Waals surface area contributed by atoms with Crippen molar-refractivity contribution in [2.24, 2.45) is 0 Å². The van der Waals surface area contributed by atoms with Gasteiger partial charge in [0, 0.05) is 65.5 Å². The Balaban J connectivity index is 1.05. The fourth-order valence-corrected chi connectivity index (χ4v) is 11.4. The number of alkyl halides is 3. The number of benzene rings is 4. The number of anilines is 2. The number of rotatable bonds is 16. The lowest BCUT2D eigenvalue weighted by Gasteiger charge is -2.42. The van der Waals surface area contributed by atoms with Crippen LogP contribution in [0.1, 0.15) is 49.0 Å². The summed E-state index contributed by atoms with van der Waals surface area (Å²) in [6.45, 7) is 5.68. The van der Waals surface area contributed by atoms with E-state index in [9.17, 15) is 30.0 Å². The SMILES string of the molecule is CC(c1ccccc1-c1ccc(Cl)cc1)N1CCC(N2CCc3c(ncnc3NS(=O)(=O)c3ccc(N[C@H](CCN(C)C)CSc4ccccc4)c(S(=O)(=O)C(F)(F)F)c3)C2)CC1. The molecule has 1 fully saturated rings. The first-order valence-electron chi connectivity index (χ1n) is 20.7. The quantitative estimate of drug-likeness (QED) is 0.0921. The van der Waals surface area contributed by atoms with Crippen molar-refractivity contribution in [3.8, 4) is 11.1 Å². The number of sulfone groups is 1. The molecule has 7 rings (SSSR count). The molecule has 0 aliphatic carbocycles. The van der Waals surface area contributed by atoms with Crippen LogP contribution in [0.2, 0.25) is 5.02 Å². The van der Waals surface area contributed by atoms with Crippen molar-refractivity contribution in [3.63, 3.8) is 0 Å². The van der Waals surface area contributed by atoms with Crippen molar-refractivity contribution in [3.05, 3.63) is 125 Å².